The number of hydrogen-bond donors (Lipinski definition) is 0. The number of fused-ring (bicyclic) bond motifs is 1. The molecule has 2 heterocycles. The number of aryl methyl sites for hydroxylation is 2. The van der Waals surface area contributed by atoms with E-state index in [9.17, 15) is 19.2 Å². The van der Waals surface area contributed by atoms with Gasteiger partial charge in [0.2, 0.25) is 5.78 Å². The monoisotopic (exact) mass is 422 g/mol. The molecule has 0 unspecified atom stereocenters. The molecule has 31 heavy (non-hydrogen) atoms. The Morgan fingerprint density at radius 1 is 1.03 bits per heavy atom. The number of imide groups is 1. The van der Waals surface area contributed by atoms with Crippen LogP contribution in [0.3, 0.4) is 0 Å². The van der Waals surface area contributed by atoms with E-state index < -0.39 is 5.97 Å². The standard InChI is InChI=1S/C24H26N2O5/c1-14-6-9-18-20(11-14)24(30)25(23(18)29)10-4-5-22(28)31-13-21(27)19-12-15(2)26(16(19)3)17-7-8-17/h6,9,11-12,17H,4-5,7-8,10,13H2,1-3H3. The van der Waals surface area contributed by atoms with Crippen molar-refractivity contribution in [1.29, 1.82) is 0 Å². The number of carbonyl (C=O) groups excluding carboxylic acids is 4. The molecule has 1 aliphatic carbocycles. The molecule has 0 spiro atoms. The van der Waals surface area contributed by atoms with Crippen molar-refractivity contribution in [2.24, 2.45) is 0 Å². The maximum atomic E-state index is 12.5. The van der Waals surface area contributed by atoms with Crippen molar-refractivity contribution in [2.45, 2.75) is 52.5 Å². The summed E-state index contributed by atoms with van der Waals surface area (Å²) in [6.07, 6.45) is 2.58. The van der Waals surface area contributed by atoms with Gasteiger partial charge in [-0.15, -0.1) is 0 Å². The predicted octanol–water partition coefficient (Wildman–Crippen LogP) is 3.55. The van der Waals surface area contributed by atoms with Crippen molar-refractivity contribution < 1.29 is 23.9 Å². The average Bonchev–Trinajstić information content (AvgIpc) is 3.48. The zero-order chi connectivity index (χ0) is 22.3. The molecule has 1 saturated carbocycles. The molecule has 2 aliphatic rings. The van der Waals surface area contributed by atoms with E-state index in [1.54, 1.807) is 18.2 Å². The smallest absolute Gasteiger partial charge is 0.306 e. The SMILES string of the molecule is Cc1ccc2c(c1)C(=O)N(CCCC(=O)OCC(=O)c1cc(C)n(C3CC3)c1C)C2=O. The number of ketones is 1. The minimum atomic E-state index is -0.517. The molecule has 0 saturated heterocycles. The molecule has 0 bridgehead atoms. The minimum absolute atomic E-state index is 0.0286. The second kappa shape index (κ2) is 8.13. The number of benzene rings is 1. The van der Waals surface area contributed by atoms with Gasteiger partial charge >= 0.3 is 5.97 Å². The first kappa shape index (κ1) is 21.0. The summed E-state index contributed by atoms with van der Waals surface area (Å²) in [7, 11) is 0. The normalized spacial score (nSPS) is 15.4. The van der Waals surface area contributed by atoms with Crippen LogP contribution in [0, 0.1) is 20.8 Å². The highest BCUT2D eigenvalue weighted by molar-refractivity contribution is 6.21. The first-order valence-electron chi connectivity index (χ1n) is 10.6. The largest absolute Gasteiger partial charge is 0.457 e. The molecule has 162 valence electrons. The lowest BCUT2D eigenvalue weighted by Gasteiger charge is -2.13. The summed E-state index contributed by atoms with van der Waals surface area (Å²) in [6.45, 7) is 5.59. The number of nitrogens with zero attached hydrogens (tertiary/aromatic N) is 2. The highest BCUT2D eigenvalue weighted by Gasteiger charge is 2.35. The summed E-state index contributed by atoms with van der Waals surface area (Å²) < 4.78 is 7.33. The van der Waals surface area contributed by atoms with Crippen LogP contribution in [0.1, 0.15) is 79.8 Å². The van der Waals surface area contributed by atoms with E-state index in [1.807, 2.05) is 26.8 Å². The first-order chi connectivity index (χ1) is 14.8. The van der Waals surface area contributed by atoms with E-state index in [1.165, 1.54) is 0 Å². The van der Waals surface area contributed by atoms with Gasteiger partial charge in [-0.2, -0.15) is 0 Å². The molecule has 2 amide bonds. The summed E-state index contributed by atoms with van der Waals surface area (Å²) in [5.41, 5.74) is 4.27. The van der Waals surface area contributed by atoms with E-state index in [2.05, 4.69) is 4.57 Å². The first-order valence-corrected chi connectivity index (χ1v) is 10.6. The Bertz CT molecular complexity index is 1090. The topological polar surface area (TPSA) is 85.7 Å². The Morgan fingerprint density at radius 2 is 1.74 bits per heavy atom. The third-order valence-corrected chi connectivity index (χ3v) is 5.95. The van der Waals surface area contributed by atoms with Crippen molar-refractivity contribution in [3.8, 4) is 0 Å². The van der Waals surface area contributed by atoms with Crippen LogP contribution in [0.25, 0.3) is 0 Å². The Kier molecular flexibility index (Phi) is 5.52. The molecule has 1 aromatic carbocycles. The van der Waals surface area contributed by atoms with Gasteiger partial charge in [0, 0.05) is 36.0 Å². The molecule has 1 aliphatic heterocycles. The fourth-order valence-electron chi connectivity index (χ4n) is 4.24. The number of carbonyl (C=O) groups is 4. The molecule has 1 aromatic heterocycles. The van der Waals surface area contributed by atoms with Crippen molar-refractivity contribution in [1.82, 2.24) is 9.47 Å². The fourth-order valence-corrected chi connectivity index (χ4v) is 4.24. The summed E-state index contributed by atoms with van der Waals surface area (Å²) in [5.74, 6) is -1.41. The number of esters is 1. The van der Waals surface area contributed by atoms with E-state index in [0.29, 0.717) is 22.7 Å². The van der Waals surface area contributed by atoms with E-state index in [4.69, 9.17) is 4.74 Å². The molecule has 0 atom stereocenters. The van der Waals surface area contributed by atoms with Crippen LogP contribution >= 0.6 is 0 Å². The number of amides is 2. The maximum absolute atomic E-state index is 12.5. The minimum Gasteiger partial charge on any atom is -0.457 e. The molecular weight excluding hydrogens is 396 g/mol. The quantitative estimate of drug-likeness (QED) is 0.369. The Hall–Kier alpha value is -3.22. The fraction of sp³-hybridized carbons (Fsp3) is 0.417. The van der Waals surface area contributed by atoms with Gasteiger partial charge in [-0.3, -0.25) is 24.1 Å². The summed E-state index contributed by atoms with van der Waals surface area (Å²) >= 11 is 0. The summed E-state index contributed by atoms with van der Waals surface area (Å²) in [6, 6.07) is 7.49. The van der Waals surface area contributed by atoms with Crippen LogP contribution in [0.15, 0.2) is 24.3 Å². The lowest BCUT2D eigenvalue weighted by molar-refractivity contribution is -0.142. The summed E-state index contributed by atoms with van der Waals surface area (Å²) in [5, 5.41) is 0. The lowest BCUT2D eigenvalue weighted by Crippen LogP contribution is -2.31. The predicted molar refractivity (Wildman–Crippen MR) is 113 cm³/mol. The Balaban J connectivity index is 1.26. The van der Waals surface area contributed by atoms with Gasteiger partial charge in [-0.05, 0) is 58.2 Å². The van der Waals surface area contributed by atoms with Crippen LogP contribution in [0.5, 0.6) is 0 Å². The van der Waals surface area contributed by atoms with Gasteiger partial charge < -0.3 is 9.30 Å². The number of rotatable bonds is 8. The van der Waals surface area contributed by atoms with Crippen molar-refractivity contribution >= 4 is 23.6 Å². The number of hydrogen-bond acceptors (Lipinski definition) is 5. The molecule has 1 fully saturated rings. The van der Waals surface area contributed by atoms with Crippen molar-refractivity contribution in [2.75, 3.05) is 13.2 Å². The van der Waals surface area contributed by atoms with Crippen LogP contribution in [-0.4, -0.2) is 46.2 Å². The number of ether oxygens (including phenoxy) is 1. The van der Waals surface area contributed by atoms with E-state index in [0.717, 1.165) is 34.7 Å². The highest BCUT2D eigenvalue weighted by Crippen LogP contribution is 2.38. The van der Waals surface area contributed by atoms with Crippen LogP contribution < -0.4 is 0 Å². The number of aromatic nitrogens is 1. The lowest BCUT2D eigenvalue weighted by atomic mass is 10.1. The van der Waals surface area contributed by atoms with Crippen molar-refractivity contribution in [3.05, 3.63) is 57.9 Å². The van der Waals surface area contributed by atoms with Crippen LogP contribution in [0.4, 0.5) is 0 Å². The molecular formula is C24H26N2O5. The molecule has 2 aromatic rings. The molecule has 7 nitrogen and oxygen atoms in total. The van der Waals surface area contributed by atoms with Crippen molar-refractivity contribution in [3.63, 3.8) is 0 Å². The van der Waals surface area contributed by atoms with Crippen LogP contribution in [-0.2, 0) is 9.53 Å². The Labute approximate surface area is 181 Å². The van der Waals surface area contributed by atoms with E-state index in [-0.39, 0.29) is 43.6 Å². The number of Topliss-reactive ketones (excluding diaryl/α,β-unsaturated/α-hetero) is 1. The molecule has 0 N–H and O–H groups in total. The third-order valence-electron chi connectivity index (χ3n) is 5.95. The molecule has 7 heteroatoms. The third kappa shape index (κ3) is 4.04. The maximum Gasteiger partial charge on any atom is 0.306 e. The van der Waals surface area contributed by atoms with E-state index >= 15 is 0 Å². The zero-order valence-corrected chi connectivity index (χ0v) is 18.1. The highest BCUT2D eigenvalue weighted by atomic mass is 16.5. The van der Waals surface area contributed by atoms with Crippen LogP contribution in [0.2, 0.25) is 0 Å². The van der Waals surface area contributed by atoms with Gasteiger partial charge in [0.15, 0.2) is 6.61 Å². The second-order valence-corrected chi connectivity index (χ2v) is 8.38. The van der Waals surface area contributed by atoms with Gasteiger partial charge in [-0.1, -0.05) is 11.6 Å². The second-order valence-electron chi connectivity index (χ2n) is 8.38. The Morgan fingerprint density at radius 3 is 2.45 bits per heavy atom. The summed E-state index contributed by atoms with van der Waals surface area (Å²) in [4.78, 5) is 50.6. The van der Waals surface area contributed by atoms with Gasteiger partial charge in [-0.25, -0.2) is 0 Å². The van der Waals surface area contributed by atoms with Gasteiger partial charge in [0.25, 0.3) is 11.8 Å². The average molecular weight is 422 g/mol. The van der Waals surface area contributed by atoms with Gasteiger partial charge in [0.1, 0.15) is 0 Å². The molecule has 4 rings (SSSR count). The zero-order valence-electron chi connectivity index (χ0n) is 18.1. The van der Waals surface area contributed by atoms with Gasteiger partial charge in [0.05, 0.1) is 11.1 Å². The molecule has 0 radical (unpaired) electrons.